The van der Waals surface area contributed by atoms with E-state index < -0.39 is 0 Å². The van der Waals surface area contributed by atoms with Crippen molar-refractivity contribution >= 4 is 0 Å². The van der Waals surface area contributed by atoms with Crippen molar-refractivity contribution < 1.29 is 9.13 Å². The van der Waals surface area contributed by atoms with Crippen LogP contribution in [0.5, 0.6) is 5.75 Å². The van der Waals surface area contributed by atoms with E-state index in [0.717, 1.165) is 37.2 Å². The number of halogens is 1. The van der Waals surface area contributed by atoms with Crippen LogP contribution >= 0.6 is 0 Å². The molecular weight excluding hydrogens is 265 g/mol. The first kappa shape index (κ1) is 14.1. The van der Waals surface area contributed by atoms with Gasteiger partial charge in [0.15, 0.2) is 0 Å². The molecule has 2 nitrogen and oxygen atoms in total. The van der Waals surface area contributed by atoms with E-state index in [4.69, 9.17) is 10.5 Å². The fraction of sp³-hybridized carbons (Fsp3) is 0.333. The Balaban J connectivity index is 1.65. The van der Waals surface area contributed by atoms with Gasteiger partial charge in [0.2, 0.25) is 0 Å². The van der Waals surface area contributed by atoms with Crippen LogP contribution in [0.2, 0.25) is 0 Å². The van der Waals surface area contributed by atoms with Gasteiger partial charge in [0.05, 0.1) is 6.61 Å². The second-order valence-electron chi connectivity index (χ2n) is 5.70. The first-order chi connectivity index (χ1) is 10.2. The summed E-state index contributed by atoms with van der Waals surface area (Å²) >= 11 is 0. The highest BCUT2D eigenvalue weighted by Gasteiger charge is 2.23. The first-order valence-electron chi connectivity index (χ1n) is 7.44. The molecule has 21 heavy (non-hydrogen) atoms. The fourth-order valence-electron chi connectivity index (χ4n) is 3.03. The number of hydrogen-bond donors (Lipinski definition) is 1. The van der Waals surface area contributed by atoms with E-state index >= 15 is 0 Å². The van der Waals surface area contributed by atoms with Crippen LogP contribution in [-0.4, -0.2) is 12.6 Å². The third kappa shape index (κ3) is 3.42. The Bertz CT molecular complexity index is 596. The van der Waals surface area contributed by atoms with Gasteiger partial charge in [-0.25, -0.2) is 4.39 Å². The van der Waals surface area contributed by atoms with Crippen LogP contribution in [0.25, 0.3) is 0 Å². The number of nitrogens with two attached hydrogens (primary N) is 1. The van der Waals surface area contributed by atoms with Crippen LogP contribution in [0.4, 0.5) is 4.39 Å². The van der Waals surface area contributed by atoms with E-state index in [1.54, 1.807) is 0 Å². The predicted octanol–water partition coefficient (Wildman–Crippen LogP) is 3.65. The number of ether oxygens (including phenoxy) is 1. The Labute approximate surface area is 124 Å². The molecule has 0 aliphatic carbocycles. The Hall–Kier alpha value is -1.87. The average molecular weight is 285 g/mol. The normalized spacial score (nSPS) is 18.7. The molecule has 0 amide bonds. The van der Waals surface area contributed by atoms with Gasteiger partial charge in [0.25, 0.3) is 0 Å². The predicted molar refractivity (Wildman–Crippen MR) is 82.0 cm³/mol. The summed E-state index contributed by atoms with van der Waals surface area (Å²) < 4.78 is 18.6. The molecule has 3 rings (SSSR count). The monoisotopic (exact) mass is 285 g/mol. The molecule has 0 fully saturated rings. The average Bonchev–Trinajstić information content (AvgIpc) is 2.50. The maximum Gasteiger partial charge on any atom is 0.123 e. The van der Waals surface area contributed by atoms with E-state index in [0.29, 0.717) is 5.92 Å². The fourth-order valence-corrected chi connectivity index (χ4v) is 3.03. The lowest BCUT2D eigenvalue weighted by Gasteiger charge is -2.28. The number of para-hydroxylation sites is 1. The van der Waals surface area contributed by atoms with Crippen molar-refractivity contribution in [3.05, 3.63) is 65.5 Å². The van der Waals surface area contributed by atoms with Crippen molar-refractivity contribution in [1.29, 1.82) is 0 Å². The molecule has 3 heteroatoms. The standard InChI is InChI=1S/C18H20FNO/c19-15-7-5-13(6-8-15)11-16(20)12-14-9-10-21-18-4-2-1-3-17(14)18/h1-8,14,16H,9-12,20H2. The van der Waals surface area contributed by atoms with Crippen LogP contribution in [0.1, 0.15) is 29.9 Å². The van der Waals surface area contributed by atoms with Crippen molar-refractivity contribution in [3.63, 3.8) is 0 Å². The van der Waals surface area contributed by atoms with E-state index in [-0.39, 0.29) is 11.9 Å². The largest absolute Gasteiger partial charge is 0.493 e. The zero-order valence-electron chi connectivity index (χ0n) is 12.0. The first-order valence-corrected chi connectivity index (χ1v) is 7.44. The van der Waals surface area contributed by atoms with Crippen LogP contribution in [0, 0.1) is 5.82 Å². The van der Waals surface area contributed by atoms with Crippen molar-refractivity contribution in [2.75, 3.05) is 6.61 Å². The summed E-state index contributed by atoms with van der Waals surface area (Å²) in [6, 6.07) is 14.9. The zero-order valence-corrected chi connectivity index (χ0v) is 12.0. The van der Waals surface area contributed by atoms with Gasteiger partial charge in [0, 0.05) is 6.04 Å². The molecule has 2 aromatic carbocycles. The summed E-state index contributed by atoms with van der Waals surface area (Å²) in [5.41, 5.74) is 8.65. The molecule has 1 heterocycles. The molecule has 2 aromatic rings. The molecule has 0 saturated carbocycles. The summed E-state index contributed by atoms with van der Waals surface area (Å²) in [7, 11) is 0. The van der Waals surface area contributed by atoms with Crippen molar-refractivity contribution in [3.8, 4) is 5.75 Å². The minimum Gasteiger partial charge on any atom is -0.493 e. The topological polar surface area (TPSA) is 35.2 Å². The van der Waals surface area contributed by atoms with E-state index in [1.807, 2.05) is 30.3 Å². The maximum absolute atomic E-state index is 12.9. The molecule has 1 aliphatic heterocycles. The quantitative estimate of drug-likeness (QED) is 0.930. The SMILES string of the molecule is NC(Cc1ccc(F)cc1)CC1CCOc2ccccc21. The van der Waals surface area contributed by atoms with Gasteiger partial charge in [-0.3, -0.25) is 0 Å². The number of rotatable bonds is 4. The highest BCUT2D eigenvalue weighted by atomic mass is 19.1. The Morgan fingerprint density at radius 3 is 2.71 bits per heavy atom. The molecule has 0 spiro atoms. The number of benzene rings is 2. The molecule has 110 valence electrons. The number of hydrogen-bond acceptors (Lipinski definition) is 2. The Morgan fingerprint density at radius 1 is 1.14 bits per heavy atom. The lowest BCUT2D eigenvalue weighted by Crippen LogP contribution is -2.27. The van der Waals surface area contributed by atoms with Gasteiger partial charge in [-0.05, 0) is 54.5 Å². The molecule has 1 aliphatic rings. The maximum atomic E-state index is 12.9. The smallest absolute Gasteiger partial charge is 0.123 e. The highest BCUT2D eigenvalue weighted by Crippen LogP contribution is 2.36. The second-order valence-corrected chi connectivity index (χ2v) is 5.70. The van der Waals surface area contributed by atoms with Crippen LogP contribution in [0.3, 0.4) is 0 Å². The van der Waals surface area contributed by atoms with Gasteiger partial charge < -0.3 is 10.5 Å². The van der Waals surface area contributed by atoms with Crippen LogP contribution in [0.15, 0.2) is 48.5 Å². The van der Waals surface area contributed by atoms with E-state index in [1.165, 1.54) is 17.7 Å². The molecule has 2 unspecified atom stereocenters. The highest BCUT2D eigenvalue weighted by molar-refractivity contribution is 5.37. The Kier molecular flexibility index (Phi) is 4.20. The summed E-state index contributed by atoms with van der Waals surface area (Å²) in [6.45, 7) is 0.755. The van der Waals surface area contributed by atoms with Crippen LogP contribution < -0.4 is 10.5 Å². The number of fused-ring (bicyclic) bond motifs is 1. The van der Waals surface area contributed by atoms with Crippen LogP contribution in [-0.2, 0) is 6.42 Å². The lowest BCUT2D eigenvalue weighted by molar-refractivity contribution is 0.259. The van der Waals surface area contributed by atoms with Gasteiger partial charge in [0.1, 0.15) is 11.6 Å². The van der Waals surface area contributed by atoms with E-state index in [9.17, 15) is 4.39 Å². The molecule has 0 aromatic heterocycles. The summed E-state index contributed by atoms with van der Waals surface area (Å²) in [6.07, 6.45) is 2.71. The molecule has 0 bridgehead atoms. The van der Waals surface area contributed by atoms with Crippen molar-refractivity contribution in [1.82, 2.24) is 0 Å². The summed E-state index contributed by atoms with van der Waals surface area (Å²) in [4.78, 5) is 0. The van der Waals surface area contributed by atoms with Gasteiger partial charge >= 0.3 is 0 Å². The third-order valence-corrected chi connectivity index (χ3v) is 4.08. The second kappa shape index (κ2) is 6.27. The van der Waals surface area contributed by atoms with Crippen molar-refractivity contribution in [2.45, 2.75) is 31.2 Å². The summed E-state index contributed by atoms with van der Waals surface area (Å²) in [5, 5.41) is 0. The molecule has 2 N–H and O–H groups in total. The zero-order chi connectivity index (χ0) is 14.7. The van der Waals surface area contributed by atoms with Gasteiger partial charge in [-0.2, -0.15) is 0 Å². The lowest BCUT2D eigenvalue weighted by atomic mass is 9.86. The van der Waals surface area contributed by atoms with Gasteiger partial charge in [-0.1, -0.05) is 30.3 Å². The minimum absolute atomic E-state index is 0.0756. The minimum atomic E-state index is -0.203. The van der Waals surface area contributed by atoms with Gasteiger partial charge in [-0.15, -0.1) is 0 Å². The summed E-state index contributed by atoms with van der Waals surface area (Å²) in [5.74, 6) is 1.24. The van der Waals surface area contributed by atoms with E-state index in [2.05, 4.69) is 6.07 Å². The van der Waals surface area contributed by atoms with Crippen molar-refractivity contribution in [2.24, 2.45) is 5.73 Å². The molecule has 0 saturated heterocycles. The molecule has 0 radical (unpaired) electrons. The Morgan fingerprint density at radius 2 is 1.90 bits per heavy atom. The molecule has 2 atom stereocenters. The molecular formula is C18H20FNO. The third-order valence-electron chi connectivity index (χ3n) is 4.08.